The van der Waals surface area contributed by atoms with Crippen LogP contribution < -0.4 is 10.1 Å². The predicted molar refractivity (Wildman–Crippen MR) is 120 cm³/mol. The van der Waals surface area contributed by atoms with Crippen molar-refractivity contribution >= 4 is 11.8 Å². The summed E-state index contributed by atoms with van der Waals surface area (Å²) in [6.07, 6.45) is 1.37. The van der Waals surface area contributed by atoms with Crippen LogP contribution in [0.3, 0.4) is 0 Å². The zero-order valence-corrected chi connectivity index (χ0v) is 18.8. The Labute approximate surface area is 180 Å². The van der Waals surface area contributed by atoms with E-state index in [9.17, 15) is 9.59 Å². The number of carbonyl (C=O) groups is 2. The minimum Gasteiger partial charge on any atom is -0.484 e. The van der Waals surface area contributed by atoms with Crippen LogP contribution >= 0.6 is 0 Å². The molecule has 2 unspecified atom stereocenters. The minimum absolute atomic E-state index is 0.0611. The molecule has 0 aliphatic carbocycles. The highest BCUT2D eigenvalue weighted by molar-refractivity contribution is 5.88. The standard InChI is InChI=1S/C25H34N2O3/c1-6-20(5)26-25(29)23(7-2)27(16-21-12-8-10-18(3)14-21)24(28)17-30-22-13-9-11-19(4)15-22/h8-15,20,23H,6-7,16-17H2,1-5H3,(H,26,29). The molecule has 0 radical (unpaired) electrons. The molecule has 0 spiro atoms. The van der Waals surface area contributed by atoms with Crippen LogP contribution in [0.25, 0.3) is 0 Å². The molecule has 0 saturated heterocycles. The molecule has 2 atom stereocenters. The van der Waals surface area contributed by atoms with Crippen LogP contribution in [0, 0.1) is 13.8 Å². The lowest BCUT2D eigenvalue weighted by Crippen LogP contribution is -2.51. The number of hydrogen-bond acceptors (Lipinski definition) is 3. The van der Waals surface area contributed by atoms with E-state index in [0.717, 1.165) is 23.1 Å². The van der Waals surface area contributed by atoms with Gasteiger partial charge in [0.05, 0.1) is 0 Å². The van der Waals surface area contributed by atoms with Crippen molar-refractivity contribution in [3.05, 3.63) is 65.2 Å². The first-order valence-corrected chi connectivity index (χ1v) is 10.7. The molecule has 0 aliphatic heterocycles. The van der Waals surface area contributed by atoms with Gasteiger partial charge < -0.3 is 15.0 Å². The van der Waals surface area contributed by atoms with Crippen molar-refractivity contribution in [2.45, 2.75) is 66.1 Å². The zero-order chi connectivity index (χ0) is 22.1. The number of hydrogen-bond donors (Lipinski definition) is 1. The summed E-state index contributed by atoms with van der Waals surface area (Å²) in [5, 5.41) is 3.02. The first kappa shape index (κ1) is 23.5. The second-order valence-electron chi connectivity index (χ2n) is 7.86. The fourth-order valence-corrected chi connectivity index (χ4v) is 3.30. The molecule has 0 aliphatic rings. The summed E-state index contributed by atoms with van der Waals surface area (Å²) in [6.45, 7) is 10.2. The van der Waals surface area contributed by atoms with Crippen molar-refractivity contribution < 1.29 is 14.3 Å². The van der Waals surface area contributed by atoms with Gasteiger partial charge in [-0.15, -0.1) is 0 Å². The maximum Gasteiger partial charge on any atom is 0.261 e. The van der Waals surface area contributed by atoms with E-state index >= 15 is 0 Å². The molecule has 0 aromatic heterocycles. The fraction of sp³-hybridized carbons (Fsp3) is 0.440. The van der Waals surface area contributed by atoms with Crippen LogP contribution in [-0.4, -0.2) is 35.4 Å². The molecular weight excluding hydrogens is 376 g/mol. The second kappa shape index (κ2) is 11.4. The van der Waals surface area contributed by atoms with Gasteiger partial charge >= 0.3 is 0 Å². The molecule has 162 valence electrons. The Hall–Kier alpha value is -2.82. The van der Waals surface area contributed by atoms with Gasteiger partial charge in [-0.1, -0.05) is 55.8 Å². The highest BCUT2D eigenvalue weighted by atomic mass is 16.5. The first-order chi connectivity index (χ1) is 14.3. The zero-order valence-electron chi connectivity index (χ0n) is 18.8. The highest BCUT2D eigenvalue weighted by Crippen LogP contribution is 2.16. The molecule has 5 nitrogen and oxygen atoms in total. The van der Waals surface area contributed by atoms with Crippen molar-refractivity contribution in [3.63, 3.8) is 0 Å². The number of carbonyl (C=O) groups excluding carboxylic acids is 2. The Morgan fingerprint density at radius 3 is 2.27 bits per heavy atom. The quantitative estimate of drug-likeness (QED) is 0.631. The molecule has 2 amide bonds. The highest BCUT2D eigenvalue weighted by Gasteiger charge is 2.29. The normalized spacial score (nSPS) is 12.7. The fourth-order valence-electron chi connectivity index (χ4n) is 3.30. The molecule has 2 aromatic carbocycles. The third-order valence-corrected chi connectivity index (χ3v) is 5.17. The number of nitrogens with one attached hydrogen (secondary N) is 1. The van der Waals surface area contributed by atoms with Crippen molar-refractivity contribution in [2.75, 3.05) is 6.61 Å². The van der Waals surface area contributed by atoms with E-state index in [2.05, 4.69) is 5.32 Å². The summed E-state index contributed by atoms with van der Waals surface area (Å²) >= 11 is 0. The number of rotatable bonds is 10. The number of benzene rings is 2. The van der Waals surface area contributed by atoms with E-state index in [4.69, 9.17) is 4.74 Å². The third-order valence-electron chi connectivity index (χ3n) is 5.17. The summed E-state index contributed by atoms with van der Waals surface area (Å²) in [5.41, 5.74) is 3.18. The molecule has 1 N–H and O–H groups in total. The summed E-state index contributed by atoms with van der Waals surface area (Å²) in [4.78, 5) is 27.7. The molecular formula is C25H34N2O3. The average Bonchev–Trinajstić information content (AvgIpc) is 2.71. The Morgan fingerprint density at radius 2 is 1.67 bits per heavy atom. The first-order valence-electron chi connectivity index (χ1n) is 10.7. The van der Waals surface area contributed by atoms with E-state index in [0.29, 0.717) is 18.7 Å². The van der Waals surface area contributed by atoms with Crippen LogP contribution in [-0.2, 0) is 16.1 Å². The van der Waals surface area contributed by atoms with Gasteiger partial charge in [0, 0.05) is 12.6 Å². The largest absolute Gasteiger partial charge is 0.484 e. The molecule has 2 rings (SSSR count). The molecule has 0 heterocycles. The van der Waals surface area contributed by atoms with Crippen molar-refractivity contribution in [2.24, 2.45) is 0 Å². The predicted octanol–water partition coefficient (Wildman–Crippen LogP) is 4.40. The number of aryl methyl sites for hydroxylation is 2. The monoisotopic (exact) mass is 410 g/mol. The van der Waals surface area contributed by atoms with Crippen molar-refractivity contribution in [3.8, 4) is 5.75 Å². The van der Waals surface area contributed by atoms with E-state index in [1.807, 2.05) is 83.1 Å². The van der Waals surface area contributed by atoms with Crippen LogP contribution in [0.5, 0.6) is 5.75 Å². The lowest BCUT2D eigenvalue weighted by molar-refractivity contribution is -0.143. The van der Waals surface area contributed by atoms with Crippen LogP contribution in [0.15, 0.2) is 48.5 Å². The van der Waals surface area contributed by atoms with Gasteiger partial charge in [0.2, 0.25) is 5.91 Å². The lowest BCUT2D eigenvalue weighted by Gasteiger charge is -2.31. The summed E-state index contributed by atoms with van der Waals surface area (Å²) in [7, 11) is 0. The van der Waals surface area contributed by atoms with Gasteiger partial charge in [-0.3, -0.25) is 9.59 Å². The molecule has 0 bridgehead atoms. The molecule has 30 heavy (non-hydrogen) atoms. The van der Waals surface area contributed by atoms with Gasteiger partial charge in [-0.2, -0.15) is 0 Å². The van der Waals surface area contributed by atoms with Gasteiger partial charge in [0.1, 0.15) is 11.8 Å². The molecule has 0 saturated carbocycles. The summed E-state index contributed by atoms with van der Waals surface area (Å²) in [5.74, 6) is 0.323. The number of amides is 2. The van der Waals surface area contributed by atoms with E-state index in [1.165, 1.54) is 0 Å². The Balaban J connectivity index is 2.21. The van der Waals surface area contributed by atoms with Gasteiger partial charge in [0.15, 0.2) is 6.61 Å². The van der Waals surface area contributed by atoms with Gasteiger partial charge in [0.25, 0.3) is 5.91 Å². The maximum absolute atomic E-state index is 13.2. The summed E-state index contributed by atoms with van der Waals surface area (Å²) in [6, 6.07) is 15.1. The third kappa shape index (κ3) is 6.90. The van der Waals surface area contributed by atoms with Crippen molar-refractivity contribution in [1.29, 1.82) is 0 Å². The maximum atomic E-state index is 13.2. The SMILES string of the molecule is CCC(C)NC(=O)C(CC)N(Cc1cccc(C)c1)C(=O)COc1cccc(C)c1. The minimum atomic E-state index is -0.548. The van der Waals surface area contributed by atoms with E-state index in [1.54, 1.807) is 4.90 Å². The van der Waals surface area contributed by atoms with Crippen LogP contribution in [0.1, 0.15) is 50.3 Å². The molecule has 2 aromatic rings. The smallest absolute Gasteiger partial charge is 0.261 e. The van der Waals surface area contributed by atoms with Gasteiger partial charge in [-0.05, 0) is 56.9 Å². The van der Waals surface area contributed by atoms with Crippen LogP contribution in [0.4, 0.5) is 0 Å². The Morgan fingerprint density at radius 1 is 1.00 bits per heavy atom. The van der Waals surface area contributed by atoms with Crippen molar-refractivity contribution in [1.82, 2.24) is 10.2 Å². The number of nitrogens with zero attached hydrogens (tertiary/aromatic N) is 1. The van der Waals surface area contributed by atoms with E-state index < -0.39 is 6.04 Å². The lowest BCUT2D eigenvalue weighted by atomic mass is 10.1. The molecule has 0 fully saturated rings. The molecule has 5 heteroatoms. The topological polar surface area (TPSA) is 58.6 Å². The second-order valence-corrected chi connectivity index (χ2v) is 7.86. The van der Waals surface area contributed by atoms with E-state index in [-0.39, 0.29) is 24.5 Å². The Kier molecular flexibility index (Phi) is 8.90. The number of ether oxygens (including phenoxy) is 1. The van der Waals surface area contributed by atoms with Crippen LogP contribution in [0.2, 0.25) is 0 Å². The van der Waals surface area contributed by atoms with Gasteiger partial charge in [-0.25, -0.2) is 0 Å². The Bertz CT molecular complexity index is 850. The average molecular weight is 411 g/mol. The summed E-state index contributed by atoms with van der Waals surface area (Å²) < 4.78 is 5.74.